The molecule has 11 nitrogen and oxygen atoms in total. The smallest absolute Gasteiger partial charge is 0.288 e. The van der Waals surface area contributed by atoms with Crippen molar-refractivity contribution in [2.75, 3.05) is 106 Å². The second-order valence-electron chi connectivity index (χ2n) is 9.44. The maximum absolute atomic E-state index is 13.6. The second kappa shape index (κ2) is 20.6. The molecule has 11 heteroatoms. The predicted molar refractivity (Wildman–Crippen MR) is 140 cm³/mol. The predicted octanol–water partition coefficient (Wildman–Crippen LogP) is 1.48. The van der Waals surface area contributed by atoms with Gasteiger partial charge < -0.3 is 47.9 Å². The van der Waals surface area contributed by atoms with Crippen molar-refractivity contribution < 1.29 is 47.8 Å². The van der Waals surface area contributed by atoms with Crippen molar-refractivity contribution in [3.8, 4) is 0 Å². The molecule has 222 valence electrons. The highest BCUT2D eigenvalue weighted by atomic mass is 16.7. The van der Waals surface area contributed by atoms with Gasteiger partial charge in [0.25, 0.3) is 5.91 Å². The van der Waals surface area contributed by atoms with Crippen molar-refractivity contribution in [2.45, 2.75) is 33.5 Å². The van der Waals surface area contributed by atoms with Gasteiger partial charge in [0, 0.05) is 32.2 Å². The molecule has 0 aromatic carbocycles. The molecule has 2 heterocycles. The van der Waals surface area contributed by atoms with Gasteiger partial charge in [0.05, 0.1) is 79.3 Å². The first-order chi connectivity index (χ1) is 18.6. The molecule has 0 spiro atoms. The van der Waals surface area contributed by atoms with Gasteiger partial charge in [-0.1, -0.05) is 13.8 Å². The summed E-state index contributed by atoms with van der Waals surface area (Å²) in [4.78, 5) is 15.3. The van der Waals surface area contributed by atoms with Gasteiger partial charge in [-0.2, -0.15) is 0 Å². The first kappa shape index (κ1) is 32.9. The van der Waals surface area contributed by atoms with Crippen LogP contribution >= 0.6 is 0 Å². The summed E-state index contributed by atoms with van der Waals surface area (Å²) >= 11 is 0. The van der Waals surface area contributed by atoms with E-state index in [2.05, 4.69) is 13.8 Å². The van der Waals surface area contributed by atoms with E-state index >= 15 is 0 Å². The van der Waals surface area contributed by atoms with Gasteiger partial charge in [-0.05, 0) is 31.3 Å². The summed E-state index contributed by atoms with van der Waals surface area (Å²) in [5.41, 5.74) is 0. The number of allylic oxidation sites excluding steroid dienone is 1. The molecule has 0 saturated carbocycles. The fourth-order valence-electron chi connectivity index (χ4n) is 4.38. The topological polar surface area (TPSA) is 114 Å². The summed E-state index contributed by atoms with van der Waals surface area (Å²) < 4.78 is 45.5. The van der Waals surface area contributed by atoms with E-state index in [1.54, 1.807) is 4.90 Å². The van der Waals surface area contributed by atoms with Crippen molar-refractivity contribution in [2.24, 2.45) is 17.8 Å². The third-order valence-electron chi connectivity index (χ3n) is 6.36. The zero-order valence-electron chi connectivity index (χ0n) is 23.5. The molecule has 2 aliphatic heterocycles. The number of aliphatic hydroxyl groups is 1. The Morgan fingerprint density at radius 2 is 1.47 bits per heavy atom. The maximum Gasteiger partial charge on any atom is 0.288 e. The van der Waals surface area contributed by atoms with Gasteiger partial charge in [-0.15, -0.1) is 0 Å². The molecule has 0 radical (unpaired) electrons. The molecule has 1 saturated heterocycles. The number of ether oxygens (including phenoxy) is 8. The quantitative estimate of drug-likeness (QED) is 0.360. The van der Waals surface area contributed by atoms with Crippen LogP contribution in [0.3, 0.4) is 0 Å². The highest BCUT2D eigenvalue weighted by Crippen LogP contribution is 2.36. The van der Waals surface area contributed by atoms with Gasteiger partial charge >= 0.3 is 0 Å². The molecule has 2 aliphatic rings. The third-order valence-corrected chi connectivity index (χ3v) is 6.36. The standard InChI is InChI=1S/C27H49NO10/c1-4-37-27-23(5-9-31-13-16-34-12-8-29)24(22(2)3)21-25(38-27)26(30)28-6-10-32-14-17-35-19-20-36-18-15-33-11-7-28/h21-24,27,29H,4-20H2,1-3H3/t23-,24+,27+/m1/s1. The number of nitrogens with zero attached hydrogens (tertiary/aromatic N) is 1. The number of rotatable bonds is 12. The number of hydrogen-bond acceptors (Lipinski definition) is 10. The number of aliphatic hydroxyl groups excluding tert-OH is 1. The van der Waals surface area contributed by atoms with E-state index in [1.807, 2.05) is 13.0 Å². The molecular weight excluding hydrogens is 498 g/mol. The lowest BCUT2D eigenvalue weighted by molar-refractivity contribution is -0.180. The summed E-state index contributed by atoms with van der Waals surface area (Å²) in [6.45, 7) is 12.9. The molecule has 0 bridgehead atoms. The first-order valence-corrected chi connectivity index (χ1v) is 13.9. The summed E-state index contributed by atoms with van der Waals surface area (Å²) in [6, 6.07) is 0. The Hall–Kier alpha value is -1.31. The highest BCUT2D eigenvalue weighted by Gasteiger charge is 2.39. The molecule has 0 aliphatic carbocycles. The summed E-state index contributed by atoms with van der Waals surface area (Å²) in [6.07, 6.45) is 2.13. The van der Waals surface area contributed by atoms with Crippen LogP contribution in [0.2, 0.25) is 0 Å². The van der Waals surface area contributed by atoms with E-state index in [9.17, 15) is 4.79 Å². The molecule has 2 rings (SSSR count). The molecule has 0 unspecified atom stereocenters. The van der Waals surface area contributed by atoms with Crippen LogP contribution in [-0.4, -0.2) is 128 Å². The van der Waals surface area contributed by atoms with Crippen LogP contribution in [0.25, 0.3) is 0 Å². The van der Waals surface area contributed by atoms with Crippen molar-refractivity contribution in [1.82, 2.24) is 4.90 Å². The van der Waals surface area contributed by atoms with Crippen LogP contribution in [0, 0.1) is 17.8 Å². The highest BCUT2D eigenvalue weighted by molar-refractivity contribution is 5.91. The number of amides is 1. The lowest BCUT2D eigenvalue weighted by Crippen LogP contribution is -2.44. The Kier molecular flexibility index (Phi) is 17.8. The van der Waals surface area contributed by atoms with Crippen molar-refractivity contribution in [3.63, 3.8) is 0 Å². The van der Waals surface area contributed by atoms with Crippen LogP contribution in [0.4, 0.5) is 0 Å². The minimum atomic E-state index is -0.546. The van der Waals surface area contributed by atoms with Crippen LogP contribution in [0.15, 0.2) is 11.8 Å². The van der Waals surface area contributed by atoms with Crippen molar-refractivity contribution >= 4 is 5.91 Å². The Balaban J connectivity index is 2.04. The average molecular weight is 548 g/mol. The van der Waals surface area contributed by atoms with Gasteiger partial charge in [0.2, 0.25) is 6.29 Å². The zero-order valence-corrected chi connectivity index (χ0v) is 23.5. The minimum absolute atomic E-state index is 0.000301. The van der Waals surface area contributed by atoms with Crippen molar-refractivity contribution in [1.29, 1.82) is 0 Å². The minimum Gasteiger partial charge on any atom is -0.459 e. The Bertz CT molecular complexity index is 631. The monoisotopic (exact) mass is 547 g/mol. The van der Waals surface area contributed by atoms with Gasteiger partial charge in [0.1, 0.15) is 0 Å². The van der Waals surface area contributed by atoms with E-state index < -0.39 is 6.29 Å². The fourth-order valence-corrected chi connectivity index (χ4v) is 4.38. The average Bonchev–Trinajstić information content (AvgIpc) is 2.92. The molecule has 3 atom stereocenters. The summed E-state index contributed by atoms with van der Waals surface area (Å²) in [7, 11) is 0. The molecule has 1 N–H and O–H groups in total. The Morgan fingerprint density at radius 1 is 0.921 bits per heavy atom. The summed E-state index contributed by atoms with van der Waals surface area (Å²) in [5, 5.41) is 8.80. The van der Waals surface area contributed by atoms with E-state index in [4.69, 9.17) is 43.0 Å². The molecular formula is C27H49NO10. The third kappa shape index (κ3) is 12.7. The van der Waals surface area contributed by atoms with Crippen LogP contribution in [-0.2, 0) is 42.7 Å². The first-order valence-electron chi connectivity index (χ1n) is 13.9. The maximum atomic E-state index is 13.6. The van der Waals surface area contributed by atoms with E-state index in [0.717, 1.165) is 6.42 Å². The van der Waals surface area contributed by atoms with E-state index in [-0.39, 0.29) is 30.3 Å². The molecule has 0 aromatic rings. The van der Waals surface area contributed by atoms with Gasteiger partial charge in [-0.3, -0.25) is 4.79 Å². The fraction of sp³-hybridized carbons (Fsp3) is 0.889. The molecule has 1 amide bonds. The van der Waals surface area contributed by atoms with Crippen LogP contribution in [0.5, 0.6) is 0 Å². The summed E-state index contributed by atoms with van der Waals surface area (Å²) in [5.74, 6) is 0.511. The molecule has 0 aromatic heterocycles. The molecule has 38 heavy (non-hydrogen) atoms. The largest absolute Gasteiger partial charge is 0.459 e. The van der Waals surface area contributed by atoms with Crippen LogP contribution < -0.4 is 0 Å². The van der Waals surface area contributed by atoms with E-state index in [0.29, 0.717) is 105 Å². The van der Waals surface area contributed by atoms with Crippen molar-refractivity contribution in [3.05, 3.63) is 11.8 Å². The SMILES string of the molecule is CCO[C@H]1OC(C(=O)N2CCOCCOCCOCCOCC2)=C[C@@H](C(C)C)[C@H]1CCOCCOCCO. The van der Waals surface area contributed by atoms with Crippen LogP contribution in [0.1, 0.15) is 27.2 Å². The lowest BCUT2D eigenvalue weighted by Gasteiger charge is -2.39. The number of hydrogen-bond donors (Lipinski definition) is 1. The Labute approximate surface area is 227 Å². The van der Waals surface area contributed by atoms with E-state index in [1.165, 1.54) is 0 Å². The van der Waals surface area contributed by atoms with Gasteiger partial charge in [0.15, 0.2) is 5.76 Å². The lowest BCUT2D eigenvalue weighted by atomic mass is 9.79. The number of carbonyl (C=O) groups excluding carboxylic acids is 1. The van der Waals surface area contributed by atoms with Gasteiger partial charge in [-0.25, -0.2) is 0 Å². The number of carbonyl (C=O) groups is 1. The second-order valence-corrected chi connectivity index (χ2v) is 9.44. The zero-order chi connectivity index (χ0) is 27.4. The molecule has 1 fully saturated rings. The normalized spacial score (nSPS) is 24.8. The Morgan fingerprint density at radius 3 is 2.00 bits per heavy atom.